The molecule has 0 atom stereocenters. The van der Waals surface area contributed by atoms with E-state index in [0.29, 0.717) is 28.6 Å². The summed E-state index contributed by atoms with van der Waals surface area (Å²) in [4.78, 5) is 10.3. The quantitative estimate of drug-likeness (QED) is 0.640. The Kier molecular flexibility index (Phi) is 5.06. The molecule has 0 fully saturated rings. The third-order valence-electron chi connectivity index (χ3n) is 3.28. The molecule has 24 heavy (non-hydrogen) atoms. The van der Waals surface area contributed by atoms with Crippen LogP contribution in [0.4, 0.5) is 17.1 Å². The molecule has 0 bridgehead atoms. The van der Waals surface area contributed by atoms with Gasteiger partial charge in [0.2, 0.25) is 5.75 Å². The molecule has 2 rings (SSSR count). The third-order valence-corrected chi connectivity index (χ3v) is 3.28. The first-order valence-corrected chi connectivity index (χ1v) is 6.79. The van der Waals surface area contributed by atoms with Gasteiger partial charge in [-0.15, -0.1) is 0 Å². The van der Waals surface area contributed by atoms with Crippen molar-refractivity contribution >= 4 is 17.1 Å². The molecule has 0 radical (unpaired) electrons. The number of rotatable bonds is 6. The molecular formula is C16H15N3O5. The van der Waals surface area contributed by atoms with Crippen molar-refractivity contribution in [3.05, 3.63) is 46.0 Å². The van der Waals surface area contributed by atoms with Gasteiger partial charge in [-0.3, -0.25) is 10.1 Å². The lowest BCUT2D eigenvalue weighted by atomic mass is 10.1. The van der Waals surface area contributed by atoms with Gasteiger partial charge in [0, 0.05) is 30.0 Å². The summed E-state index contributed by atoms with van der Waals surface area (Å²) in [6.45, 7) is 0. The molecule has 0 spiro atoms. The second-order valence-corrected chi connectivity index (χ2v) is 4.64. The molecule has 2 aromatic carbocycles. The highest BCUT2D eigenvalue weighted by Gasteiger charge is 2.15. The molecule has 1 N–H and O–H groups in total. The van der Waals surface area contributed by atoms with Crippen LogP contribution in [0.1, 0.15) is 5.56 Å². The second-order valence-electron chi connectivity index (χ2n) is 4.64. The molecule has 0 saturated heterocycles. The number of anilines is 2. The van der Waals surface area contributed by atoms with E-state index < -0.39 is 4.92 Å². The van der Waals surface area contributed by atoms with Crippen LogP contribution in [0, 0.1) is 21.4 Å². The number of nitrogens with zero attached hydrogens (tertiary/aromatic N) is 2. The van der Waals surface area contributed by atoms with Crippen molar-refractivity contribution in [2.75, 3.05) is 26.6 Å². The highest BCUT2D eigenvalue weighted by Crippen LogP contribution is 2.41. The average Bonchev–Trinajstić information content (AvgIpc) is 2.60. The minimum atomic E-state index is -0.552. The van der Waals surface area contributed by atoms with Crippen LogP contribution < -0.4 is 19.5 Å². The van der Waals surface area contributed by atoms with Crippen molar-refractivity contribution in [3.8, 4) is 23.3 Å². The number of non-ortho nitro benzene ring substituents is 1. The Morgan fingerprint density at radius 3 is 2.17 bits per heavy atom. The topological polar surface area (TPSA) is 107 Å². The summed E-state index contributed by atoms with van der Waals surface area (Å²) in [5.41, 5.74) is 1.01. The molecule has 0 aliphatic rings. The molecule has 0 unspecified atom stereocenters. The summed E-state index contributed by atoms with van der Waals surface area (Å²) < 4.78 is 15.8. The normalized spacial score (nSPS) is 9.75. The zero-order valence-corrected chi connectivity index (χ0v) is 13.3. The molecule has 0 amide bonds. The number of hydrogen-bond donors (Lipinski definition) is 1. The van der Waals surface area contributed by atoms with Gasteiger partial charge in [0.1, 0.15) is 6.07 Å². The molecule has 0 heterocycles. The minimum absolute atomic E-state index is 0.151. The Balaban J connectivity index is 2.45. The second kappa shape index (κ2) is 7.19. The van der Waals surface area contributed by atoms with Crippen LogP contribution in [0.15, 0.2) is 30.3 Å². The summed E-state index contributed by atoms with van der Waals surface area (Å²) in [5.74, 6) is 1.33. The van der Waals surface area contributed by atoms with Crippen LogP contribution in [-0.4, -0.2) is 26.3 Å². The van der Waals surface area contributed by atoms with E-state index in [-0.39, 0.29) is 11.3 Å². The Labute approximate surface area is 138 Å². The van der Waals surface area contributed by atoms with E-state index in [0.717, 1.165) is 0 Å². The van der Waals surface area contributed by atoms with Crippen molar-refractivity contribution < 1.29 is 19.1 Å². The summed E-state index contributed by atoms with van der Waals surface area (Å²) >= 11 is 0. The molecule has 0 saturated carbocycles. The maximum absolute atomic E-state index is 10.8. The third kappa shape index (κ3) is 3.30. The Hall–Kier alpha value is -3.47. The van der Waals surface area contributed by atoms with E-state index in [9.17, 15) is 15.4 Å². The summed E-state index contributed by atoms with van der Waals surface area (Å²) in [6, 6.07) is 9.28. The van der Waals surface area contributed by atoms with Crippen LogP contribution in [0.2, 0.25) is 0 Å². The molecule has 0 aliphatic heterocycles. The lowest BCUT2D eigenvalue weighted by Crippen LogP contribution is -1.99. The molecule has 0 aliphatic carbocycles. The monoisotopic (exact) mass is 329 g/mol. The predicted octanol–water partition coefficient (Wildman–Crippen LogP) is 3.24. The highest BCUT2D eigenvalue weighted by atomic mass is 16.6. The van der Waals surface area contributed by atoms with Gasteiger partial charge in [0.05, 0.1) is 37.5 Å². The number of nitro benzene ring substituents is 1. The number of methoxy groups -OCH3 is 3. The van der Waals surface area contributed by atoms with Gasteiger partial charge in [-0.05, 0) is 6.07 Å². The van der Waals surface area contributed by atoms with Crippen LogP contribution in [0.25, 0.3) is 0 Å². The first-order chi connectivity index (χ1) is 11.5. The smallest absolute Gasteiger partial charge is 0.270 e. The Bertz CT molecular complexity index is 789. The Morgan fingerprint density at radius 1 is 1.08 bits per heavy atom. The Morgan fingerprint density at radius 2 is 1.71 bits per heavy atom. The van der Waals surface area contributed by atoms with E-state index >= 15 is 0 Å². The van der Waals surface area contributed by atoms with Crippen molar-refractivity contribution in [1.82, 2.24) is 0 Å². The van der Waals surface area contributed by atoms with Crippen molar-refractivity contribution in [2.45, 2.75) is 0 Å². The van der Waals surface area contributed by atoms with E-state index in [1.807, 2.05) is 6.07 Å². The van der Waals surface area contributed by atoms with Crippen LogP contribution >= 0.6 is 0 Å². The van der Waals surface area contributed by atoms with Gasteiger partial charge in [0.15, 0.2) is 11.5 Å². The standard InChI is InChI=1S/C16H15N3O5/c1-22-14-7-11(8-15(23-2)16(14)24-3)18-13-5-4-12(19(20)21)6-10(13)9-17/h4-8,18H,1-3H3. The molecule has 8 nitrogen and oxygen atoms in total. The fourth-order valence-corrected chi connectivity index (χ4v) is 2.16. The number of nitrogens with one attached hydrogen (secondary N) is 1. The van der Waals surface area contributed by atoms with Crippen molar-refractivity contribution in [2.24, 2.45) is 0 Å². The van der Waals surface area contributed by atoms with Gasteiger partial charge >= 0.3 is 0 Å². The number of benzene rings is 2. The molecule has 124 valence electrons. The summed E-state index contributed by atoms with van der Waals surface area (Å²) in [5, 5.41) is 23.0. The first kappa shape index (κ1) is 16.9. The molecule has 2 aromatic rings. The maximum Gasteiger partial charge on any atom is 0.270 e. The van der Waals surface area contributed by atoms with Crippen LogP contribution in [0.3, 0.4) is 0 Å². The average molecular weight is 329 g/mol. The lowest BCUT2D eigenvalue weighted by Gasteiger charge is -2.15. The summed E-state index contributed by atoms with van der Waals surface area (Å²) in [7, 11) is 4.49. The lowest BCUT2D eigenvalue weighted by molar-refractivity contribution is -0.384. The highest BCUT2D eigenvalue weighted by molar-refractivity contribution is 5.72. The molecule has 0 aromatic heterocycles. The molecular weight excluding hydrogens is 314 g/mol. The number of ether oxygens (including phenoxy) is 3. The van der Waals surface area contributed by atoms with Gasteiger partial charge in [-0.2, -0.15) is 5.26 Å². The zero-order valence-electron chi connectivity index (χ0n) is 13.3. The number of nitriles is 1. The SMILES string of the molecule is COc1cc(Nc2ccc([N+](=O)[O-])cc2C#N)cc(OC)c1OC. The number of hydrogen-bond acceptors (Lipinski definition) is 7. The molecule has 8 heteroatoms. The van der Waals surface area contributed by atoms with Gasteiger partial charge in [-0.1, -0.05) is 0 Å². The maximum atomic E-state index is 10.8. The predicted molar refractivity (Wildman–Crippen MR) is 87.2 cm³/mol. The van der Waals surface area contributed by atoms with Crippen molar-refractivity contribution in [3.63, 3.8) is 0 Å². The van der Waals surface area contributed by atoms with E-state index in [4.69, 9.17) is 14.2 Å². The largest absolute Gasteiger partial charge is 0.493 e. The first-order valence-electron chi connectivity index (χ1n) is 6.79. The van der Waals surface area contributed by atoms with Crippen LogP contribution in [0.5, 0.6) is 17.2 Å². The van der Waals surface area contributed by atoms with Gasteiger partial charge < -0.3 is 19.5 Å². The van der Waals surface area contributed by atoms with Crippen LogP contribution in [-0.2, 0) is 0 Å². The van der Waals surface area contributed by atoms with Crippen molar-refractivity contribution in [1.29, 1.82) is 5.26 Å². The fraction of sp³-hybridized carbons (Fsp3) is 0.188. The van der Waals surface area contributed by atoms with Gasteiger partial charge in [-0.25, -0.2) is 0 Å². The summed E-state index contributed by atoms with van der Waals surface area (Å²) in [6.07, 6.45) is 0. The minimum Gasteiger partial charge on any atom is -0.493 e. The zero-order chi connectivity index (χ0) is 17.7. The fourth-order valence-electron chi connectivity index (χ4n) is 2.16. The van der Waals surface area contributed by atoms with Gasteiger partial charge in [0.25, 0.3) is 5.69 Å². The van der Waals surface area contributed by atoms with E-state index in [1.54, 1.807) is 12.1 Å². The number of nitro groups is 1. The van der Waals surface area contributed by atoms with E-state index in [1.165, 1.54) is 39.5 Å². The van der Waals surface area contributed by atoms with E-state index in [2.05, 4.69) is 5.32 Å².